The molecule has 3 N–H and O–H groups in total. The Bertz CT molecular complexity index is 455. The van der Waals surface area contributed by atoms with Gasteiger partial charge in [0.25, 0.3) is 5.91 Å². The van der Waals surface area contributed by atoms with Crippen LogP contribution in [0.2, 0.25) is 0 Å². The Labute approximate surface area is 111 Å². The molecule has 0 bridgehead atoms. The van der Waals surface area contributed by atoms with E-state index in [0.717, 1.165) is 25.7 Å². The van der Waals surface area contributed by atoms with Gasteiger partial charge >= 0.3 is 0 Å². The first-order valence-electron chi connectivity index (χ1n) is 6.39. The van der Waals surface area contributed by atoms with Crippen LogP contribution in [0.1, 0.15) is 36.0 Å². The fourth-order valence-corrected chi connectivity index (χ4v) is 2.45. The Morgan fingerprint density at radius 3 is 2.63 bits per heavy atom. The molecule has 1 aromatic rings. The number of hydrogen-bond acceptors (Lipinski definition) is 4. The molecule has 0 aliphatic heterocycles. The van der Waals surface area contributed by atoms with E-state index < -0.39 is 0 Å². The molecule has 1 saturated carbocycles. The Morgan fingerprint density at radius 2 is 2.05 bits per heavy atom. The zero-order valence-corrected chi connectivity index (χ0v) is 10.7. The maximum Gasteiger partial charge on any atom is 0.254 e. The van der Waals surface area contributed by atoms with Crippen LogP contribution in [0.3, 0.4) is 0 Å². The molecule has 2 rings (SSSR count). The van der Waals surface area contributed by atoms with Crippen LogP contribution in [0.4, 0.5) is 0 Å². The van der Waals surface area contributed by atoms with Gasteiger partial charge in [-0.2, -0.15) is 0 Å². The second kappa shape index (κ2) is 6.17. The lowest BCUT2D eigenvalue weighted by Gasteiger charge is -2.28. The van der Waals surface area contributed by atoms with E-state index in [1.165, 1.54) is 0 Å². The highest BCUT2D eigenvalue weighted by Crippen LogP contribution is 2.24. The van der Waals surface area contributed by atoms with E-state index >= 15 is 0 Å². The molecular weight excluding hydrogens is 244 g/mol. The van der Waals surface area contributed by atoms with Gasteiger partial charge in [-0.3, -0.25) is 9.78 Å². The largest absolute Gasteiger partial charge is 0.409 e. The van der Waals surface area contributed by atoms with E-state index in [-0.39, 0.29) is 24.3 Å². The monoisotopic (exact) mass is 262 g/mol. The summed E-state index contributed by atoms with van der Waals surface area (Å²) in [4.78, 5) is 18.1. The van der Waals surface area contributed by atoms with Crippen LogP contribution >= 0.6 is 0 Å². The van der Waals surface area contributed by atoms with E-state index in [0.29, 0.717) is 5.56 Å². The molecule has 1 heterocycles. The summed E-state index contributed by atoms with van der Waals surface area (Å²) in [6, 6.07) is 3.52. The Morgan fingerprint density at radius 1 is 1.42 bits per heavy atom. The minimum atomic E-state index is -0.0964. The predicted octanol–water partition coefficient (Wildman–Crippen LogP) is 1.21. The second-order valence-corrected chi connectivity index (χ2v) is 4.70. The van der Waals surface area contributed by atoms with Gasteiger partial charge in [-0.25, -0.2) is 0 Å². The van der Waals surface area contributed by atoms with Gasteiger partial charge in [0.05, 0.1) is 6.54 Å². The molecule has 1 aliphatic carbocycles. The maximum atomic E-state index is 12.5. The zero-order chi connectivity index (χ0) is 13.7. The second-order valence-electron chi connectivity index (χ2n) is 4.70. The fourth-order valence-electron chi connectivity index (χ4n) is 2.45. The molecule has 0 atom stereocenters. The number of carbonyl (C=O) groups excluding carboxylic acids is 1. The van der Waals surface area contributed by atoms with Crippen molar-refractivity contribution in [3.05, 3.63) is 30.1 Å². The lowest BCUT2D eigenvalue weighted by atomic mass is 10.1. The van der Waals surface area contributed by atoms with Crippen molar-refractivity contribution in [2.45, 2.75) is 31.7 Å². The molecule has 1 amide bonds. The van der Waals surface area contributed by atoms with Crippen LogP contribution in [0, 0.1) is 0 Å². The number of amides is 1. The maximum absolute atomic E-state index is 12.5. The third-order valence-corrected chi connectivity index (χ3v) is 3.41. The number of aromatic nitrogens is 1. The molecule has 1 aliphatic rings. The van der Waals surface area contributed by atoms with Crippen LogP contribution in [0.5, 0.6) is 0 Å². The van der Waals surface area contributed by atoms with Crippen LogP contribution in [-0.2, 0) is 0 Å². The van der Waals surface area contributed by atoms with Gasteiger partial charge in [-0.15, -0.1) is 0 Å². The first-order chi connectivity index (χ1) is 9.22. The van der Waals surface area contributed by atoms with Crippen molar-refractivity contribution >= 4 is 11.7 Å². The van der Waals surface area contributed by atoms with Crippen molar-refractivity contribution in [2.24, 2.45) is 10.9 Å². The summed E-state index contributed by atoms with van der Waals surface area (Å²) in [6.07, 6.45) is 7.33. The van der Waals surface area contributed by atoms with E-state index in [1.54, 1.807) is 29.4 Å². The van der Waals surface area contributed by atoms with Gasteiger partial charge in [-0.05, 0) is 25.0 Å². The average Bonchev–Trinajstić information content (AvgIpc) is 2.98. The summed E-state index contributed by atoms with van der Waals surface area (Å²) in [6.45, 7) is 0.155. The quantitative estimate of drug-likeness (QED) is 0.369. The zero-order valence-electron chi connectivity index (χ0n) is 10.7. The molecule has 6 nitrogen and oxygen atoms in total. The lowest BCUT2D eigenvalue weighted by molar-refractivity contribution is 0.0712. The van der Waals surface area contributed by atoms with E-state index in [4.69, 9.17) is 10.9 Å². The van der Waals surface area contributed by atoms with Crippen LogP contribution in [-0.4, -0.2) is 39.4 Å². The number of nitrogens with two attached hydrogens (primary N) is 1. The number of oxime groups is 1. The van der Waals surface area contributed by atoms with E-state index in [2.05, 4.69) is 10.1 Å². The third kappa shape index (κ3) is 3.21. The van der Waals surface area contributed by atoms with Crippen molar-refractivity contribution in [1.29, 1.82) is 0 Å². The van der Waals surface area contributed by atoms with Gasteiger partial charge in [-0.1, -0.05) is 18.0 Å². The average molecular weight is 262 g/mol. The summed E-state index contributed by atoms with van der Waals surface area (Å²) in [5, 5.41) is 11.7. The first kappa shape index (κ1) is 13.3. The Kier molecular flexibility index (Phi) is 4.33. The van der Waals surface area contributed by atoms with Gasteiger partial charge in [0.15, 0.2) is 5.84 Å². The first-order valence-corrected chi connectivity index (χ1v) is 6.39. The van der Waals surface area contributed by atoms with Crippen LogP contribution in [0.15, 0.2) is 29.7 Å². The molecular formula is C13H18N4O2. The number of rotatable bonds is 4. The molecule has 0 radical (unpaired) electrons. The molecule has 19 heavy (non-hydrogen) atoms. The molecule has 0 spiro atoms. The van der Waals surface area contributed by atoms with E-state index in [9.17, 15) is 4.79 Å². The highest BCUT2D eigenvalue weighted by Gasteiger charge is 2.28. The standard InChI is InChI=1S/C13H18N4O2/c14-12(16-19)9-17(11-3-1-2-4-11)13(18)10-5-7-15-8-6-10/h5-8,11,19H,1-4,9H2,(H2,14,16). The Balaban J connectivity index is 2.19. The number of carbonyl (C=O) groups is 1. The molecule has 6 heteroatoms. The van der Waals surface area contributed by atoms with Crippen molar-refractivity contribution in [1.82, 2.24) is 9.88 Å². The Hall–Kier alpha value is -2.11. The molecule has 1 aromatic heterocycles. The van der Waals surface area contributed by atoms with Gasteiger partial charge in [0.1, 0.15) is 0 Å². The lowest BCUT2D eigenvalue weighted by Crippen LogP contribution is -2.44. The topological polar surface area (TPSA) is 91.8 Å². The minimum absolute atomic E-state index is 0.0503. The highest BCUT2D eigenvalue weighted by atomic mass is 16.4. The molecule has 102 valence electrons. The normalized spacial score (nSPS) is 16.5. The SMILES string of the molecule is NC(CN(C(=O)c1ccncc1)C1CCCC1)=NO. The molecule has 0 aromatic carbocycles. The summed E-state index contributed by atoms with van der Waals surface area (Å²) in [5.41, 5.74) is 6.13. The fraction of sp³-hybridized carbons (Fsp3) is 0.462. The number of amidine groups is 1. The third-order valence-electron chi connectivity index (χ3n) is 3.41. The van der Waals surface area contributed by atoms with Crippen molar-refractivity contribution < 1.29 is 10.0 Å². The number of nitrogens with zero attached hydrogens (tertiary/aromatic N) is 3. The predicted molar refractivity (Wildman–Crippen MR) is 70.9 cm³/mol. The molecule has 1 fully saturated rings. The highest BCUT2D eigenvalue weighted by molar-refractivity contribution is 5.97. The van der Waals surface area contributed by atoms with Crippen LogP contribution in [0.25, 0.3) is 0 Å². The number of pyridine rings is 1. The van der Waals surface area contributed by atoms with Gasteiger partial charge < -0.3 is 15.8 Å². The summed E-state index contributed by atoms with van der Waals surface area (Å²) < 4.78 is 0. The van der Waals surface area contributed by atoms with Crippen LogP contribution < -0.4 is 5.73 Å². The van der Waals surface area contributed by atoms with Gasteiger partial charge in [0.2, 0.25) is 0 Å². The van der Waals surface area contributed by atoms with Gasteiger partial charge in [0, 0.05) is 24.0 Å². The summed E-state index contributed by atoms with van der Waals surface area (Å²) in [7, 11) is 0. The van der Waals surface area contributed by atoms with E-state index in [1.807, 2.05) is 0 Å². The van der Waals surface area contributed by atoms with Crippen molar-refractivity contribution in [3.63, 3.8) is 0 Å². The van der Waals surface area contributed by atoms with Crippen molar-refractivity contribution in [3.8, 4) is 0 Å². The minimum Gasteiger partial charge on any atom is -0.409 e. The molecule has 0 saturated heterocycles. The smallest absolute Gasteiger partial charge is 0.254 e. The number of hydrogen-bond donors (Lipinski definition) is 2. The molecule has 0 unspecified atom stereocenters. The summed E-state index contributed by atoms with van der Waals surface area (Å²) in [5.74, 6) is -0.0461. The van der Waals surface area contributed by atoms with Crippen molar-refractivity contribution in [2.75, 3.05) is 6.54 Å². The summed E-state index contributed by atoms with van der Waals surface area (Å²) >= 11 is 0.